The van der Waals surface area contributed by atoms with Gasteiger partial charge in [0.05, 0.1) is 0 Å². The predicted octanol–water partition coefficient (Wildman–Crippen LogP) is 3.17. The highest BCUT2D eigenvalue weighted by atomic mass is 79.9. The zero-order valence-electron chi connectivity index (χ0n) is 10.1. The quantitative estimate of drug-likeness (QED) is 0.897. The molecule has 1 aromatic rings. The van der Waals surface area contributed by atoms with Crippen molar-refractivity contribution in [1.82, 2.24) is 4.98 Å². The molecule has 0 aromatic carbocycles. The number of halogens is 1. The summed E-state index contributed by atoms with van der Waals surface area (Å²) >= 11 is 3.39. The van der Waals surface area contributed by atoms with Crippen molar-refractivity contribution in [3.05, 3.63) is 22.8 Å². The third kappa shape index (κ3) is 3.42. The number of hydrogen-bond acceptors (Lipinski definition) is 3. The van der Waals surface area contributed by atoms with Crippen LogP contribution in [0.5, 0.6) is 0 Å². The van der Waals surface area contributed by atoms with Crippen LogP contribution in [0.25, 0.3) is 0 Å². The number of anilines is 1. The van der Waals surface area contributed by atoms with Gasteiger partial charge in [-0.1, -0.05) is 19.3 Å². The molecule has 1 heterocycles. The predicted molar refractivity (Wildman–Crippen MR) is 75.0 cm³/mol. The van der Waals surface area contributed by atoms with Gasteiger partial charge in [-0.25, -0.2) is 4.98 Å². The van der Waals surface area contributed by atoms with Crippen LogP contribution in [0.3, 0.4) is 0 Å². The van der Waals surface area contributed by atoms with Crippen molar-refractivity contribution in [1.29, 1.82) is 0 Å². The fourth-order valence-corrected chi connectivity index (χ4v) is 2.75. The average molecular weight is 298 g/mol. The molecule has 17 heavy (non-hydrogen) atoms. The molecule has 1 saturated carbocycles. The molecule has 1 fully saturated rings. The minimum absolute atomic E-state index is 0.285. The van der Waals surface area contributed by atoms with Gasteiger partial charge in [-0.15, -0.1) is 0 Å². The summed E-state index contributed by atoms with van der Waals surface area (Å²) in [5.74, 6) is 0.937. The average Bonchev–Trinajstić information content (AvgIpc) is 2.39. The Labute approximate surface area is 111 Å². The molecule has 0 aliphatic heterocycles. The molecule has 3 nitrogen and oxygen atoms in total. The first-order chi connectivity index (χ1) is 8.24. The molecule has 3 N–H and O–H groups in total. The molecule has 0 amide bonds. The van der Waals surface area contributed by atoms with Gasteiger partial charge in [-0.05, 0) is 52.9 Å². The van der Waals surface area contributed by atoms with Crippen molar-refractivity contribution in [3.63, 3.8) is 0 Å². The molecule has 0 unspecified atom stereocenters. The lowest BCUT2D eigenvalue weighted by Gasteiger charge is -2.36. The Morgan fingerprint density at radius 1 is 1.29 bits per heavy atom. The van der Waals surface area contributed by atoms with Crippen LogP contribution < -0.4 is 11.1 Å². The standard InChI is InChI=1S/C13H20BrN3/c14-11-4-5-12(16-8-11)17-10-13(9-15)6-2-1-3-7-13/h4-5,8H,1-3,6-7,9-10,15H2,(H,16,17). The Balaban J connectivity index is 1.93. The van der Waals surface area contributed by atoms with Crippen LogP contribution in [0.2, 0.25) is 0 Å². The largest absolute Gasteiger partial charge is 0.369 e. The van der Waals surface area contributed by atoms with Gasteiger partial charge in [0.25, 0.3) is 0 Å². The Morgan fingerprint density at radius 3 is 2.65 bits per heavy atom. The minimum Gasteiger partial charge on any atom is -0.369 e. The molecule has 1 aromatic heterocycles. The van der Waals surface area contributed by atoms with E-state index < -0.39 is 0 Å². The fourth-order valence-electron chi connectivity index (χ4n) is 2.51. The number of nitrogens with one attached hydrogen (secondary N) is 1. The first-order valence-corrected chi connectivity index (χ1v) is 7.09. The molecular weight excluding hydrogens is 278 g/mol. The molecule has 0 spiro atoms. The van der Waals surface area contributed by atoms with Gasteiger partial charge in [-0.2, -0.15) is 0 Å². The summed E-state index contributed by atoms with van der Waals surface area (Å²) in [6.45, 7) is 1.72. The summed E-state index contributed by atoms with van der Waals surface area (Å²) in [5, 5.41) is 3.42. The van der Waals surface area contributed by atoms with Gasteiger partial charge in [-0.3, -0.25) is 0 Å². The normalized spacial score (nSPS) is 18.9. The van der Waals surface area contributed by atoms with E-state index in [1.54, 1.807) is 0 Å². The topological polar surface area (TPSA) is 50.9 Å². The van der Waals surface area contributed by atoms with Crippen molar-refractivity contribution in [2.45, 2.75) is 32.1 Å². The Kier molecular flexibility index (Phi) is 4.40. The molecule has 0 saturated heterocycles. The van der Waals surface area contributed by atoms with Gasteiger partial charge >= 0.3 is 0 Å². The summed E-state index contributed by atoms with van der Waals surface area (Å²) < 4.78 is 1.01. The molecule has 0 radical (unpaired) electrons. The third-order valence-corrected chi connectivity index (χ3v) is 4.19. The highest BCUT2D eigenvalue weighted by Gasteiger charge is 2.30. The SMILES string of the molecule is NCC1(CNc2ccc(Br)cn2)CCCCC1. The zero-order chi connectivity index (χ0) is 12.1. The van der Waals surface area contributed by atoms with Gasteiger partial charge in [0, 0.05) is 17.2 Å². The van der Waals surface area contributed by atoms with E-state index in [1.807, 2.05) is 18.3 Å². The Bertz CT molecular complexity index is 344. The Morgan fingerprint density at radius 2 is 2.06 bits per heavy atom. The van der Waals surface area contributed by atoms with Crippen molar-refractivity contribution in [2.75, 3.05) is 18.4 Å². The van der Waals surface area contributed by atoms with Crippen LogP contribution in [-0.4, -0.2) is 18.1 Å². The van der Waals surface area contributed by atoms with Crippen LogP contribution in [0.15, 0.2) is 22.8 Å². The van der Waals surface area contributed by atoms with Crippen molar-refractivity contribution < 1.29 is 0 Å². The Hall–Kier alpha value is -0.610. The third-order valence-electron chi connectivity index (χ3n) is 3.72. The summed E-state index contributed by atoms with van der Waals surface area (Å²) in [6.07, 6.45) is 8.29. The second-order valence-corrected chi connectivity index (χ2v) is 5.90. The zero-order valence-corrected chi connectivity index (χ0v) is 11.7. The van der Waals surface area contributed by atoms with E-state index in [4.69, 9.17) is 5.73 Å². The second kappa shape index (κ2) is 5.83. The highest BCUT2D eigenvalue weighted by molar-refractivity contribution is 9.10. The van der Waals surface area contributed by atoms with Gasteiger partial charge in [0.2, 0.25) is 0 Å². The molecule has 0 bridgehead atoms. The van der Waals surface area contributed by atoms with E-state index in [9.17, 15) is 0 Å². The summed E-state index contributed by atoms with van der Waals surface area (Å²) in [5.41, 5.74) is 6.24. The molecule has 2 rings (SSSR count). The van der Waals surface area contributed by atoms with Crippen LogP contribution in [0, 0.1) is 5.41 Å². The number of hydrogen-bond donors (Lipinski definition) is 2. The molecule has 1 aliphatic rings. The number of nitrogens with two attached hydrogens (primary N) is 1. The molecule has 4 heteroatoms. The number of nitrogens with zero attached hydrogens (tertiary/aromatic N) is 1. The van der Waals surface area contributed by atoms with Crippen molar-refractivity contribution in [3.8, 4) is 0 Å². The molecule has 94 valence electrons. The van der Waals surface area contributed by atoms with E-state index >= 15 is 0 Å². The summed E-state index contributed by atoms with van der Waals surface area (Å²) in [6, 6.07) is 4.00. The first kappa shape index (κ1) is 12.8. The lowest BCUT2D eigenvalue weighted by Crippen LogP contribution is -2.39. The van der Waals surface area contributed by atoms with E-state index in [2.05, 4.69) is 26.2 Å². The number of rotatable bonds is 4. The highest BCUT2D eigenvalue weighted by Crippen LogP contribution is 2.35. The van der Waals surface area contributed by atoms with Gasteiger partial charge in [0.15, 0.2) is 0 Å². The lowest BCUT2D eigenvalue weighted by atomic mass is 9.74. The van der Waals surface area contributed by atoms with E-state index in [-0.39, 0.29) is 5.41 Å². The molecular formula is C13H20BrN3. The van der Waals surface area contributed by atoms with Crippen LogP contribution in [0.1, 0.15) is 32.1 Å². The van der Waals surface area contributed by atoms with Crippen LogP contribution in [-0.2, 0) is 0 Å². The molecule has 0 atom stereocenters. The smallest absolute Gasteiger partial charge is 0.125 e. The minimum atomic E-state index is 0.285. The maximum absolute atomic E-state index is 5.96. The monoisotopic (exact) mass is 297 g/mol. The number of pyridine rings is 1. The van der Waals surface area contributed by atoms with E-state index in [1.165, 1.54) is 32.1 Å². The van der Waals surface area contributed by atoms with Crippen molar-refractivity contribution in [2.24, 2.45) is 11.1 Å². The maximum atomic E-state index is 5.96. The van der Waals surface area contributed by atoms with Crippen LogP contribution in [0.4, 0.5) is 5.82 Å². The first-order valence-electron chi connectivity index (χ1n) is 6.30. The van der Waals surface area contributed by atoms with Crippen molar-refractivity contribution >= 4 is 21.7 Å². The summed E-state index contributed by atoms with van der Waals surface area (Å²) in [7, 11) is 0. The number of aromatic nitrogens is 1. The van der Waals surface area contributed by atoms with Gasteiger partial charge in [0.1, 0.15) is 5.82 Å². The fraction of sp³-hybridized carbons (Fsp3) is 0.615. The maximum Gasteiger partial charge on any atom is 0.125 e. The summed E-state index contributed by atoms with van der Waals surface area (Å²) in [4.78, 5) is 4.33. The second-order valence-electron chi connectivity index (χ2n) is 4.98. The van der Waals surface area contributed by atoms with Gasteiger partial charge < -0.3 is 11.1 Å². The van der Waals surface area contributed by atoms with E-state index in [0.717, 1.165) is 23.4 Å². The van der Waals surface area contributed by atoms with Crippen LogP contribution >= 0.6 is 15.9 Å². The van der Waals surface area contributed by atoms with E-state index in [0.29, 0.717) is 0 Å². The lowest BCUT2D eigenvalue weighted by molar-refractivity contribution is 0.215. The molecule has 1 aliphatic carbocycles.